The molecule has 0 saturated heterocycles. The van der Waals surface area contributed by atoms with Gasteiger partial charge in [-0.15, -0.1) is 0 Å². The largest absolute Gasteiger partial charge is 0.269 e. The van der Waals surface area contributed by atoms with Crippen LogP contribution in [0, 0.1) is 20.8 Å². The van der Waals surface area contributed by atoms with Gasteiger partial charge >= 0.3 is 0 Å². The summed E-state index contributed by atoms with van der Waals surface area (Å²) in [6.07, 6.45) is 4.18. The van der Waals surface area contributed by atoms with E-state index in [0.717, 1.165) is 25.1 Å². The van der Waals surface area contributed by atoms with E-state index in [1.165, 1.54) is 18.7 Å². The van der Waals surface area contributed by atoms with E-state index in [-0.39, 0.29) is 0 Å². The lowest BCUT2D eigenvalue weighted by atomic mass is 10.1. The van der Waals surface area contributed by atoms with Crippen molar-refractivity contribution < 1.29 is 8.42 Å². The first-order valence-electron chi connectivity index (χ1n) is 5.35. The van der Waals surface area contributed by atoms with Crippen molar-refractivity contribution in [3.05, 3.63) is 46.0 Å². The molecule has 6 heteroatoms. The van der Waals surface area contributed by atoms with Crippen LogP contribution in [-0.2, 0) is 10.0 Å². The van der Waals surface area contributed by atoms with Gasteiger partial charge in [0.25, 0.3) is 10.0 Å². The molecule has 0 saturated carbocycles. The van der Waals surface area contributed by atoms with Gasteiger partial charge in [0, 0.05) is 16.9 Å². The summed E-state index contributed by atoms with van der Waals surface area (Å²) in [6.45, 7) is 5.54. The Labute approximate surface area is 115 Å². The maximum atomic E-state index is 12.5. The third-order valence-electron chi connectivity index (χ3n) is 2.82. The van der Waals surface area contributed by atoms with E-state index in [0.29, 0.717) is 4.90 Å². The Hall–Kier alpha value is -1.14. The summed E-state index contributed by atoms with van der Waals surface area (Å²) >= 11 is 3.43. The summed E-state index contributed by atoms with van der Waals surface area (Å²) in [5, 5.41) is 0. The molecule has 0 radical (unpaired) electrons. The van der Waals surface area contributed by atoms with Crippen LogP contribution in [0.15, 0.2) is 34.2 Å². The van der Waals surface area contributed by atoms with Crippen LogP contribution in [-0.4, -0.2) is 17.4 Å². The Morgan fingerprint density at radius 3 is 2.44 bits per heavy atom. The van der Waals surface area contributed by atoms with Crippen LogP contribution < -0.4 is 0 Å². The second-order valence-corrected chi connectivity index (χ2v) is 6.75. The van der Waals surface area contributed by atoms with Gasteiger partial charge < -0.3 is 0 Å². The van der Waals surface area contributed by atoms with E-state index in [1.807, 2.05) is 13.0 Å². The van der Waals surface area contributed by atoms with Crippen LogP contribution in [0.5, 0.6) is 0 Å². The van der Waals surface area contributed by atoms with Crippen molar-refractivity contribution in [3.63, 3.8) is 0 Å². The number of benzene rings is 1. The molecule has 0 bridgehead atoms. The van der Waals surface area contributed by atoms with Crippen LogP contribution in [0.2, 0.25) is 0 Å². The number of nitrogens with zero attached hydrogens (tertiary/aromatic N) is 2. The predicted octanol–water partition coefficient (Wildman–Crippen LogP) is 2.81. The molecule has 2 rings (SSSR count). The van der Waals surface area contributed by atoms with Gasteiger partial charge in [0.05, 0.1) is 4.90 Å². The molecule has 0 unspecified atom stereocenters. The van der Waals surface area contributed by atoms with E-state index in [2.05, 4.69) is 20.9 Å². The number of imidazole rings is 1. The maximum Gasteiger partial charge on any atom is 0.269 e. The first kappa shape index (κ1) is 13.3. The van der Waals surface area contributed by atoms with Gasteiger partial charge in [0.15, 0.2) is 0 Å². The van der Waals surface area contributed by atoms with Gasteiger partial charge in [-0.3, -0.25) is 0 Å². The van der Waals surface area contributed by atoms with Gasteiger partial charge in [-0.2, -0.15) is 0 Å². The molecule has 1 heterocycles. The quantitative estimate of drug-likeness (QED) is 0.851. The molecule has 0 spiro atoms. The van der Waals surface area contributed by atoms with E-state index >= 15 is 0 Å². The first-order valence-corrected chi connectivity index (χ1v) is 7.59. The minimum Gasteiger partial charge on any atom is -0.244 e. The van der Waals surface area contributed by atoms with Gasteiger partial charge in [0.2, 0.25) is 0 Å². The lowest BCUT2D eigenvalue weighted by Crippen LogP contribution is -2.14. The van der Waals surface area contributed by atoms with E-state index in [9.17, 15) is 8.42 Å². The third kappa shape index (κ3) is 1.99. The summed E-state index contributed by atoms with van der Waals surface area (Å²) in [4.78, 5) is 4.12. The van der Waals surface area contributed by atoms with Crippen molar-refractivity contribution in [3.8, 4) is 0 Å². The lowest BCUT2D eigenvalue weighted by molar-refractivity contribution is 0.586. The Morgan fingerprint density at radius 1 is 1.22 bits per heavy atom. The number of aromatic nitrogens is 2. The average Bonchev–Trinajstić information content (AvgIpc) is 2.79. The molecule has 1 aromatic carbocycles. The molecular formula is C12H13BrN2O2S. The smallest absolute Gasteiger partial charge is 0.244 e. The van der Waals surface area contributed by atoms with Crippen LogP contribution in [0.25, 0.3) is 0 Å². The third-order valence-corrected chi connectivity index (χ3v) is 5.96. The topological polar surface area (TPSA) is 52.0 Å². The normalized spacial score (nSPS) is 11.8. The number of hydrogen-bond acceptors (Lipinski definition) is 3. The molecular weight excluding hydrogens is 316 g/mol. The van der Waals surface area contributed by atoms with Gasteiger partial charge in [-0.05, 0) is 37.5 Å². The monoisotopic (exact) mass is 328 g/mol. The molecule has 18 heavy (non-hydrogen) atoms. The van der Waals surface area contributed by atoms with Crippen LogP contribution in [0.4, 0.5) is 0 Å². The highest BCUT2D eigenvalue weighted by atomic mass is 79.9. The fourth-order valence-electron chi connectivity index (χ4n) is 2.04. The van der Waals surface area contributed by atoms with Crippen LogP contribution >= 0.6 is 15.9 Å². The number of halogens is 1. The number of rotatable bonds is 2. The van der Waals surface area contributed by atoms with E-state index < -0.39 is 10.0 Å². The Kier molecular flexibility index (Phi) is 3.33. The molecule has 0 aliphatic rings. The van der Waals surface area contributed by atoms with Gasteiger partial charge in [0.1, 0.15) is 6.33 Å². The highest BCUT2D eigenvalue weighted by Gasteiger charge is 2.23. The SMILES string of the molecule is Cc1cc(C)c(S(=O)(=O)n2ccnc2)c(C)c1Br. The van der Waals surface area contributed by atoms with E-state index in [1.54, 1.807) is 13.8 Å². The van der Waals surface area contributed by atoms with Gasteiger partial charge in [-0.1, -0.05) is 22.0 Å². The van der Waals surface area contributed by atoms with Crippen molar-refractivity contribution in [2.45, 2.75) is 25.7 Å². The molecule has 0 fully saturated rings. The van der Waals surface area contributed by atoms with Crippen molar-refractivity contribution >= 4 is 26.0 Å². The summed E-state index contributed by atoms with van der Waals surface area (Å²) in [5.41, 5.74) is 2.48. The molecule has 2 aromatic rings. The maximum absolute atomic E-state index is 12.5. The average molecular weight is 329 g/mol. The van der Waals surface area contributed by atoms with Crippen molar-refractivity contribution in [2.24, 2.45) is 0 Å². The highest BCUT2D eigenvalue weighted by molar-refractivity contribution is 9.10. The minimum atomic E-state index is -3.57. The van der Waals surface area contributed by atoms with Crippen LogP contribution in [0.3, 0.4) is 0 Å². The van der Waals surface area contributed by atoms with Crippen molar-refractivity contribution in [1.82, 2.24) is 8.96 Å². The molecule has 0 atom stereocenters. The second kappa shape index (κ2) is 4.51. The number of aryl methyl sites for hydroxylation is 2. The Morgan fingerprint density at radius 2 is 1.89 bits per heavy atom. The summed E-state index contributed by atoms with van der Waals surface area (Å²) in [7, 11) is -3.57. The first-order chi connectivity index (χ1) is 8.35. The van der Waals surface area contributed by atoms with Crippen molar-refractivity contribution in [2.75, 3.05) is 0 Å². The van der Waals surface area contributed by atoms with Crippen molar-refractivity contribution in [1.29, 1.82) is 0 Å². The van der Waals surface area contributed by atoms with Gasteiger partial charge in [-0.25, -0.2) is 17.4 Å². The zero-order chi connectivity index (χ0) is 13.5. The molecule has 0 N–H and O–H groups in total. The fraction of sp³-hybridized carbons (Fsp3) is 0.250. The predicted molar refractivity (Wildman–Crippen MR) is 73.2 cm³/mol. The molecule has 96 valence electrons. The minimum absolute atomic E-state index is 0.331. The molecule has 4 nitrogen and oxygen atoms in total. The Balaban J connectivity index is 2.78. The summed E-state index contributed by atoms with van der Waals surface area (Å²) < 4.78 is 27.0. The van der Waals surface area contributed by atoms with Crippen LogP contribution in [0.1, 0.15) is 16.7 Å². The highest BCUT2D eigenvalue weighted by Crippen LogP contribution is 2.31. The van der Waals surface area contributed by atoms with E-state index in [4.69, 9.17) is 0 Å². The zero-order valence-electron chi connectivity index (χ0n) is 10.3. The molecule has 0 amide bonds. The standard InChI is InChI=1S/C12H13BrN2O2S/c1-8-6-9(2)12(10(3)11(8)13)18(16,17)15-5-4-14-7-15/h4-7H,1-3H3. The summed E-state index contributed by atoms with van der Waals surface area (Å²) in [5.74, 6) is 0. The Bertz CT molecular complexity index is 691. The molecule has 0 aliphatic carbocycles. The number of hydrogen-bond donors (Lipinski definition) is 0. The summed E-state index contributed by atoms with van der Waals surface area (Å²) in [6, 6.07) is 1.86. The molecule has 0 aliphatic heterocycles. The fourth-order valence-corrected chi connectivity index (χ4v) is 4.04. The lowest BCUT2D eigenvalue weighted by Gasteiger charge is -2.14. The zero-order valence-corrected chi connectivity index (χ0v) is 12.7. The molecule has 1 aromatic heterocycles. The second-order valence-electron chi connectivity index (χ2n) is 4.18.